The molecule has 0 aromatic carbocycles. The van der Waals surface area contributed by atoms with E-state index in [1.807, 2.05) is 0 Å². The number of carboxylic acid groups (broad SMARTS) is 1. The molecule has 0 saturated carbocycles. The van der Waals surface area contributed by atoms with Crippen LogP contribution in [0.1, 0.15) is 37.5 Å². The van der Waals surface area contributed by atoms with Gasteiger partial charge in [0.15, 0.2) is 5.82 Å². The summed E-state index contributed by atoms with van der Waals surface area (Å²) < 4.78 is 6.39. The Morgan fingerprint density at radius 3 is 3.15 bits per heavy atom. The van der Waals surface area contributed by atoms with Crippen LogP contribution in [0.25, 0.3) is 0 Å². The van der Waals surface area contributed by atoms with E-state index in [4.69, 9.17) is 15.4 Å². The van der Waals surface area contributed by atoms with Gasteiger partial charge < -0.3 is 10.8 Å². The first kappa shape index (κ1) is 15.1. The van der Waals surface area contributed by atoms with E-state index in [1.165, 1.54) is 11.8 Å². The van der Waals surface area contributed by atoms with Crippen LogP contribution in [0.3, 0.4) is 0 Å². The van der Waals surface area contributed by atoms with Gasteiger partial charge in [0.25, 0.3) is 0 Å². The average Bonchev–Trinajstić information content (AvgIpc) is 2.66. The highest BCUT2D eigenvalue weighted by molar-refractivity contribution is 7.99. The Labute approximate surface area is 120 Å². The van der Waals surface area contributed by atoms with Crippen LogP contribution < -0.4 is 11.5 Å². The molecule has 0 bridgehead atoms. The van der Waals surface area contributed by atoms with Crippen molar-refractivity contribution in [3.05, 3.63) is 16.4 Å². The molecular formula is C12H19N3O4S. The molecule has 112 valence electrons. The van der Waals surface area contributed by atoms with Gasteiger partial charge in [0, 0.05) is 18.2 Å². The molecule has 1 unspecified atom stereocenters. The molecule has 0 spiro atoms. The molecule has 2 heterocycles. The standard InChI is InChI=1S/C12H19N3O4S/c13-9(11(16)17)7-20-6-5-8-3-1-2-4-10-14-19-12(18)15(8)10/h8-9H,1-7,13H2,(H,16,17)/t8?,9-/m0/s1. The second kappa shape index (κ2) is 6.94. The highest BCUT2D eigenvalue weighted by Gasteiger charge is 2.22. The van der Waals surface area contributed by atoms with Gasteiger partial charge in [0.1, 0.15) is 6.04 Å². The summed E-state index contributed by atoms with van der Waals surface area (Å²) >= 11 is 1.50. The third-order valence-corrected chi connectivity index (χ3v) is 4.59. The first-order valence-electron chi connectivity index (χ1n) is 6.73. The summed E-state index contributed by atoms with van der Waals surface area (Å²) in [5.74, 6) is 0.504. The molecular weight excluding hydrogens is 282 g/mol. The van der Waals surface area contributed by atoms with Gasteiger partial charge in [-0.2, -0.15) is 11.8 Å². The van der Waals surface area contributed by atoms with Crippen molar-refractivity contribution in [2.24, 2.45) is 5.73 Å². The fraction of sp³-hybridized carbons (Fsp3) is 0.750. The van der Waals surface area contributed by atoms with Crippen molar-refractivity contribution >= 4 is 17.7 Å². The van der Waals surface area contributed by atoms with Crippen molar-refractivity contribution in [2.45, 2.75) is 44.2 Å². The zero-order chi connectivity index (χ0) is 14.5. The minimum absolute atomic E-state index is 0.0970. The van der Waals surface area contributed by atoms with Gasteiger partial charge in [-0.3, -0.25) is 13.9 Å². The Kier molecular flexibility index (Phi) is 5.24. The summed E-state index contributed by atoms with van der Waals surface area (Å²) in [7, 11) is 0. The lowest BCUT2D eigenvalue weighted by Gasteiger charge is -2.15. The quantitative estimate of drug-likeness (QED) is 0.741. The van der Waals surface area contributed by atoms with Gasteiger partial charge in [0.05, 0.1) is 0 Å². The van der Waals surface area contributed by atoms with Gasteiger partial charge in [0.2, 0.25) is 0 Å². The SMILES string of the molecule is N[C@@H](CSCCC1CCCCc2noc(=O)n21)C(=O)O. The maximum absolute atomic E-state index is 11.7. The Hall–Kier alpha value is -1.28. The maximum atomic E-state index is 11.7. The number of hydrogen-bond acceptors (Lipinski definition) is 6. The number of rotatable bonds is 6. The largest absolute Gasteiger partial charge is 0.480 e. The number of carbonyl (C=O) groups is 1. The zero-order valence-electron chi connectivity index (χ0n) is 11.2. The van der Waals surface area contributed by atoms with Crippen LogP contribution >= 0.6 is 11.8 Å². The van der Waals surface area contributed by atoms with Crippen LogP contribution in [0.5, 0.6) is 0 Å². The summed E-state index contributed by atoms with van der Waals surface area (Å²) in [5, 5.41) is 12.5. The minimum Gasteiger partial charge on any atom is -0.480 e. The fourth-order valence-corrected chi connectivity index (χ4v) is 3.38. The molecule has 0 aliphatic carbocycles. The van der Waals surface area contributed by atoms with Gasteiger partial charge in [-0.1, -0.05) is 11.6 Å². The van der Waals surface area contributed by atoms with Crippen molar-refractivity contribution in [3.63, 3.8) is 0 Å². The van der Waals surface area contributed by atoms with E-state index in [2.05, 4.69) is 5.16 Å². The average molecular weight is 301 g/mol. The Bertz CT molecular complexity index is 513. The number of nitrogens with zero attached hydrogens (tertiary/aromatic N) is 2. The number of carboxylic acids is 1. The van der Waals surface area contributed by atoms with E-state index in [1.54, 1.807) is 4.57 Å². The number of nitrogens with two attached hydrogens (primary N) is 1. The topological polar surface area (TPSA) is 111 Å². The summed E-state index contributed by atoms with van der Waals surface area (Å²) in [6.45, 7) is 0. The molecule has 0 amide bonds. The maximum Gasteiger partial charge on any atom is 0.441 e. The second-order valence-electron chi connectivity index (χ2n) is 4.94. The fourth-order valence-electron chi connectivity index (χ4n) is 2.38. The van der Waals surface area contributed by atoms with Crippen molar-refractivity contribution < 1.29 is 14.4 Å². The van der Waals surface area contributed by atoms with Crippen LogP contribution in [0, 0.1) is 0 Å². The lowest BCUT2D eigenvalue weighted by Crippen LogP contribution is -2.32. The van der Waals surface area contributed by atoms with Crippen molar-refractivity contribution in [2.75, 3.05) is 11.5 Å². The molecule has 1 aromatic heterocycles. The van der Waals surface area contributed by atoms with Gasteiger partial charge >= 0.3 is 11.7 Å². The summed E-state index contributed by atoms with van der Waals surface area (Å²) in [6.07, 6.45) is 4.58. The van der Waals surface area contributed by atoms with E-state index >= 15 is 0 Å². The smallest absolute Gasteiger partial charge is 0.441 e. The number of aromatic nitrogens is 2. The monoisotopic (exact) mass is 301 g/mol. The Morgan fingerprint density at radius 2 is 2.40 bits per heavy atom. The second-order valence-corrected chi connectivity index (χ2v) is 6.09. The first-order chi connectivity index (χ1) is 9.59. The number of hydrogen-bond donors (Lipinski definition) is 2. The molecule has 0 radical (unpaired) electrons. The Morgan fingerprint density at radius 1 is 1.60 bits per heavy atom. The number of aliphatic carboxylic acids is 1. The predicted molar refractivity (Wildman–Crippen MR) is 74.9 cm³/mol. The molecule has 20 heavy (non-hydrogen) atoms. The molecule has 3 N–H and O–H groups in total. The first-order valence-corrected chi connectivity index (χ1v) is 7.88. The summed E-state index contributed by atoms with van der Waals surface area (Å²) in [5.41, 5.74) is 5.44. The van der Waals surface area contributed by atoms with E-state index in [0.717, 1.165) is 43.7 Å². The van der Waals surface area contributed by atoms with Crippen LogP contribution in [-0.2, 0) is 11.2 Å². The van der Waals surface area contributed by atoms with Crippen molar-refractivity contribution in [3.8, 4) is 0 Å². The molecule has 1 aliphatic rings. The number of fused-ring (bicyclic) bond motifs is 1. The van der Waals surface area contributed by atoms with E-state index in [9.17, 15) is 9.59 Å². The predicted octanol–water partition coefficient (Wildman–Crippen LogP) is 0.639. The lowest BCUT2D eigenvalue weighted by molar-refractivity contribution is -0.137. The third kappa shape index (κ3) is 3.63. The van der Waals surface area contributed by atoms with E-state index in [-0.39, 0.29) is 11.8 Å². The molecule has 1 aliphatic heterocycles. The zero-order valence-corrected chi connectivity index (χ0v) is 12.0. The van der Waals surface area contributed by atoms with Crippen LogP contribution in [0.2, 0.25) is 0 Å². The highest BCUT2D eigenvalue weighted by Crippen LogP contribution is 2.25. The van der Waals surface area contributed by atoms with Crippen molar-refractivity contribution in [1.29, 1.82) is 0 Å². The molecule has 2 atom stereocenters. The van der Waals surface area contributed by atoms with Crippen molar-refractivity contribution in [1.82, 2.24) is 9.72 Å². The van der Waals surface area contributed by atoms with Crippen LogP contribution in [-0.4, -0.2) is 38.3 Å². The van der Waals surface area contributed by atoms with E-state index < -0.39 is 12.0 Å². The summed E-state index contributed by atoms with van der Waals surface area (Å²) in [4.78, 5) is 22.3. The Balaban J connectivity index is 1.88. The van der Waals surface area contributed by atoms with Crippen LogP contribution in [0.4, 0.5) is 0 Å². The lowest BCUT2D eigenvalue weighted by atomic mass is 10.1. The third-order valence-electron chi connectivity index (χ3n) is 3.47. The van der Waals surface area contributed by atoms with Gasteiger partial charge in [-0.25, -0.2) is 4.79 Å². The molecule has 0 fully saturated rings. The number of thioether (sulfide) groups is 1. The minimum atomic E-state index is -0.982. The molecule has 0 saturated heterocycles. The number of aryl methyl sites for hydroxylation is 1. The summed E-state index contributed by atoms with van der Waals surface area (Å²) in [6, 6.07) is -0.734. The van der Waals surface area contributed by atoms with Crippen LogP contribution in [0.15, 0.2) is 9.32 Å². The normalized spacial score (nSPS) is 20.1. The van der Waals surface area contributed by atoms with Gasteiger partial charge in [-0.05, 0) is 25.0 Å². The molecule has 2 rings (SSSR count). The van der Waals surface area contributed by atoms with Gasteiger partial charge in [-0.15, -0.1) is 0 Å². The molecule has 7 nitrogen and oxygen atoms in total. The molecule has 1 aromatic rings. The highest BCUT2D eigenvalue weighted by atomic mass is 32.2. The molecule has 8 heteroatoms. The van der Waals surface area contributed by atoms with E-state index in [0.29, 0.717) is 5.75 Å².